The topological polar surface area (TPSA) is 93.1 Å². The first-order valence-corrected chi connectivity index (χ1v) is 8.52. The molecule has 0 aliphatic heterocycles. The van der Waals surface area contributed by atoms with Gasteiger partial charge in [-0.1, -0.05) is 42.5 Å². The molecule has 0 heterocycles. The number of carbonyl (C=O) groups excluding carboxylic acids is 2. The van der Waals surface area contributed by atoms with Gasteiger partial charge < -0.3 is 19.7 Å². The van der Waals surface area contributed by atoms with Crippen molar-refractivity contribution < 1.29 is 29.3 Å². The second-order valence-corrected chi connectivity index (χ2v) is 6.01. The van der Waals surface area contributed by atoms with Crippen molar-refractivity contribution in [3.05, 3.63) is 95.1 Å². The predicted molar refractivity (Wildman–Crippen MR) is 101 cm³/mol. The molecule has 28 heavy (non-hydrogen) atoms. The summed E-state index contributed by atoms with van der Waals surface area (Å²) in [6, 6.07) is 19.3. The second kappa shape index (κ2) is 8.73. The first-order valence-electron chi connectivity index (χ1n) is 8.52. The summed E-state index contributed by atoms with van der Waals surface area (Å²) in [5.41, 5.74) is 1.60. The Bertz CT molecular complexity index is 919. The van der Waals surface area contributed by atoms with Crippen molar-refractivity contribution in [3.8, 4) is 11.5 Å². The first-order chi connectivity index (χ1) is 13.5. The Morgan fingerprint density at radius 2 is 1.07 bits per heavy atom. The van der Waals surface area contributed by atoms with Crippen LogP contribution in [0.2, 0.25) is 0 Å². The lowest BCUT2D eigenvalue weighted by atomic mass is 10.1. The number of phenols is 2. The number of phenolic OH excluding ortho intramolecular Hbond substituents is 2. The van der Waals surface area contributed by atoms with E-state index in [0.717, 1.165) is 0 Å². The Morgan fingerprint density at radius 3 is 1.50 bits per heavy atom. The summed E-state index contributed by atoms with van der Waals surface area (Å²) in [5.74, 6) is -1.54. The maximum absolute atomic E-state index is 12.1. The summed E-state index contributed by atoms with van der Waals surface area (Å²) >= 11 is 0. The van der Waals surface area contributed by atoms with Crippen LogP contribution in [0.3, 0.4) is 0 Å². The van der Waals surface area contributed by atoms with Gasteiger partial charge in [0.15, 0.2) is 0 Å². The Balaban J connectivity index is 1.58. The lowest BCUT2D eigenvalue weighted by Crippen LogP contribution is -2.07. The summed E-state index contributed by atoms with van der Waals surface area (Å²) in [4.78, 5) is 24.1. The molecule has 3 aromatic rings. The van der Waals surface area contributed by atoms with Gasteiger partial charge in [0.25, 0.3) is 0 Å². The van der Waals surface area contributed by atoms with E-state index in [2.05, 4.69) is 0 Å². The van der Waals surface area contributed by atoms with E-state index in [1.807, 2.05) is 0 Å². The standard InChI is InChI=1S/C22H18O6/c23-19-10-3-1-8-17(19)21(25)27-13-15-6-5-7-16(12-15)14-28-22(26)18-9-2-4-11-20(18)24/h1-12,23-24H,13-14H2. The molecule has 3 aromatic carbocycles. The molecule has 0 radical (unpaired) electrons. The number of para-hydroxylation sites is 2. The molecule has 6 nitrogen and oxygen atoms in total. The van der Waals surface area contributed by atoms with Crippen LogP contribution in [0.15, 0.2) is 72.8 Å². The van der Waals surface area contributed by atoms with E-state index in [-0.39, 0.29) is 35.8 Å². The molecule has 3 rings (SSSR count). The average molecular weight is 378 g/mol. The van der Waals surface area contributed by atoms with Gasteiger partial charge in [0.05, 0.1) is 0 Å². The van der Waals surface area contributed by atoms with Crippen LogP contribution in [0.4, 0.5) is 0 Å². The number of rotatable bonds is 6. The van der Waals surface area contributed by atoms with Gasteiger partial charge in [0, 0.05) is 0 Å². The molecule has 0 saturated heterocycles. The van der Waals surface area contributed by atoms with Gasteiger partial charge in [0.1, 0.15) is 35.8 Å². The number of esters is 2. The maximum Gasteiger partial charge on any atom is 0.342 e. The van der Waals surface area contributed by atoms with Crippen LogP contribution in [0.1, 0.15) is 31.8 Å². The molecule has 0 spiro atoms. The van der Waals surface area contributed by atoms with Crippen LogP contribution in [0, 0.1) is 0 Å². The van der Waals surface area contributed by atoms with Crippen molar-refractivity contribution in [2.75, 3.05) is 0 Å². The van der Waals surface area contributed by atoms with Gasteiger partial charge in [-0.05, 0) is 41.5 Å². The van der Waals surface area contributed by atoms with Crippen LogP contribution in [-0.2, 0) is 22.7 Å². The van der Waals surface area contributed by atoms with Crippen LogP contribution < -0.4 is 0 Å². The van der Waals surface area contributed by atoms with E-state index < -0.39 is 11.9 Å². The molecule has 0 atom stereocenters. The smallest absolute Gasteiger partial charge is 0.342 e. The van der Waals surface area contributed by atoms with Crippen LogP contribution in [-0.4, -0.2) is 22.2 Å². The third-order valence-corrected chi connectivity index (χ3v) is 3.98. The minimum Gasteiger partial charge on any atom is -0.507 e. The van der Waals surface area contributed by atoms with Crippen molar-refractivity contribution in [1.82, 2.24) is 0 Å². The molecule has 0 bridgehead atoms. The van der Waals surface area contributed by atoms with E-state index >= 15 is 0 Å². The molecule has 2 N–H and O–H groups in total. The van der Waals surface area contributed by atoms with Crippen molar-refractivity contribution in [2.45, 2.75) is 13.2 Å². The lowest BCUT2D eigenvalue weighted by molar-refractivity contribution is 0.0467. The molecule has 142 valence electrons. The van der Waals surface area contributed by atoms with Crippen molar-refractivity contribution in [3.63, 3.8) is 0 Å². The number of carbonyl (C=O) groups is 2. The van der Waals surface area contributed by atoms with Crippen molar-refractivity contribution in [2.24, 2.45) is 0 Å². The molecule has 0 unspecified atom stereocenters. The van der Waals surface area contributed by atoms with Gasteiger partial charge in [0.2, 0.25) is 0 Å². The highest BCUT2D eigenvalue weighted by Gasteiger charge is 2.13. The number of hydrogen-bond donors (Lipinski definition) is 2. The van der Waals surface area contributed by atoms with Gasteiger partial charge in [-0.15, -0.1) is 0 Å². The molecular weight excluding hydrogens is 360 g/mol. The first kappa shape index (κ1) is 19.0. The maximum atomic E-state index is 12.1. The Labute approximate surface area is 161 Å². The fourth-order valence-electron chi connectivity index (χ4n) is 2.55. The van der Waals surface area contributed by atoms with Crippen molar-refractivity contribution >= 4 is 11.9 Å². The highest BCUT2D eigenvalue weighted by atomic mass is 16.5. The molecule has 0 amide bonds. The van der Waals surface area contributed by atoms with E-state index in [0.29, 0.717) is 11.1 Å². The molecular formula is C22H18O6. The molecule has 0 fully saturated rings. The van der Waals surface area contributed by atoms with E-state index in [1.54, 1.807) is 48.5 Å². The number of aromatic hydroxyl groups is 2. The number of hydrogen-bond acceptors (Lipinski definition) is 6. The number of benzene rings is 3. The summed E-state index contributed by atoms with van der Waals surface area (Å²) < 4.78 is 10.4. The third-order valence-electron chi connectivity index (χ3n) is 3.98. The molecule has 0 aliphatic carbocycles. The van der Waals surface area contributed by atoms with Gasteiger partial charge in [-0.3, -0.25) is 0 Å². The largest absolute Gasteiger partial charge is 0.507 e. The lowest BCUT2D eigenvalue weighted by Gasteiger charge is -2.09. The monoisotopic (exact) mass is 378 g/mol. The highest BCUT2D eigenvalue weighted by Crippen LogP contribution is 2.19. The molecule has 0 aromatic heterocycles. The molecule has 0 aliphatic rings. The highest BCUT2D eigenvalue weighted by molar-refractivity contribution is 5.92. The molecule has 0 saturated carbocycles. The van der Waals surface area contributed by atoms with E-state index in [1.165, 1.54) is 24.3 Å². The van der Waals surface area contributed by atoms with Gasteiger partial charge in [-0.2, -0.15) is 0 Å². The zero-order valence-electron chi connectivity index (χ0n) is 14.9. The summed E-state index contributed by atoms with van der Waals surface area (Å²) in [6.07, 6.45) is 0. The van der Waals surface area contributed by atoms with Crippen LogP contribution >= 0.6 is 0 Å². The van der Waals surface area contributed by atoms with Gasteiger partial charge in [-0.25, -0.2) is 9.59 Å². The second-order valence-electron chi connectivity index (χ2n) is 6.01. The van der Waals surface area contributed by atoms with Crippen LogP contribution in [0.25, 0.3) is 0 Å². The Morgan fingerprint density at radius 1 is 0.643 bits per heavy atom. The fourth-order valence-corrected chi connectivity index (χ4v) is 2.55. The summed E-state index contributed by atoms with van der Waals surface area (Å²) in [5, 5.41) is 19.4. The SMILES string of the molecule is O=C(OCc1cccc(COC(=O)c2ccccc2O)c1)c1ccccc1O. The zero-order chi connectivity index (χ0) is 19.9. The summed E-state index contributed by atoms with van der Waals surface area (Å²) in [6.45, 7) is 0.0167. The predicted octanol–water partition coefficient (Wildman–Crippen LogP) is 3.81. The average Bonchev–Trinajstić information content (AvgIpc) is 2.71. The fraction of sp³-hybridized carbons (Fsp3) is 0.0909. The Kier molecular flexibility index (Phi) is 5.91. The quantitative estimate of drug-likeness (QED) is 0.634. The molecule has 6 heteroatoms. The number of ether oxygens (including phenoxy) is 2. The third kappa shape index (κ3) is 4.67. The van der Waals surface area contributed by atoms with Gasteiger partial charge >= 0.3 is 11.9 Å². The normalized spacial score (nSPS) is 10.3. The zero-order valence-corrected chi connectivity index (χ0v) is 14.9. The van der Waals surface area contributed by atoms with E-state index in [4.69, 9.17) is 9.47 Å². The van der Waals surface area contributed by atoms with Crippen LogP contribution in [0.5, 0.6) is 11.5 Å². The van der Waals surface area contributed by atoms with Crippen molar-refractivity contribution in [1.29, 1.82) is 0 Å². The summed E-state index contributed by atoms with van der Waals surface area (Å²) in [7, 11) is 0. The minimum absolute atomic E-state index is 0.00836. The minimum atomic E-state index is -0.630. The van der Waals surface area contributed by atoms with E-state index in [9.17, 15) is 19.8 Å². The Hall–Kier alpha value is -3.80.